The summed E-state index contributed by atoms with van der Waals surface area (Å²) in [7, 11) is -5.00. The van der Waals surface area contributed by atoms with E-state index in [1.54, 1.807) is 0 Å². The maximum Gasteiger partial charge on any atom is 0.469 e. The molecule has 11 nitrogen and oxygen atoms in total. The zero-order valence-electron chi connectivity index (χ0n) is 26.7. The summed E-state index contributed by atoms with van der Waals surface area (Å²) in [5.41, 5.74) is -1.06. The topological polar surface area (TPSA) is 160 Å². The molecule has 0 radical (unpaired) electrons. The predicted octanol–water partition coefficient (Wildman–Crippen LogP) is 5.98. The van der Waals surface area contributed by atoms with Gasteiger partial charge in [-0.05, 0) is 13.3 Å². The minimum atomic E-state index is -5.00. The van der Waals surface area contributed by atoms with Crippen molar-refractivity contribution in [3.63, 3.8) is 0 Å². The number of alkyl halides is 1. The van der Waals surface area contributed by atoms with Crippen molar-refractivity contribution in [2.45, 2.75) is 160 Å². The van der Waals surface area contributed by atoms with Gasteiger partial charge in [0, 0.05) is 31.2 Å². The predicted molar refractivity (Wildman–Crippen MR) is 167 cm³/mol. The number of hydrogen-bond donors (Lipinski definition) is 4. The Kier molecular flexibility index (Phi) is 18.9. The summed E-state index contributed by atoms with van der Waals surface area (Å²) in [6.07, 6.45) is 14.2. The van der Waals surface area contributed by atoms with Crippen molar-refractivity contribution in [2.24, 2.45) is 0 Å². The SMILES string of the molecule is CCCCCCCCCCCCCCCCCCOC(CO)C(CC1OC(n2cc(C)c(=O)[nH]c2=O)CC1F)OP(=O)(O)O. The fourth-order valence-corrected chi connectivity index (χ4v) is 6.27. The van der Waals surface area contributed by atoms with Crippen molar-refractivity contribution in [1.29, 1.82) is 0 Å². The van der Waals surface area contributed by atoms with Crippen LogP contribution in [0.4, 0.5) is 4.39 Å². The summed E-state index contributed by atoms with van der Waals surface area (Å²) in [5.74, 6) is 0. The van der Waals surface area contributed by atoms with Crippen LogP contribution in [0.5, 0.6) is 0 Å². The Hall–Kier alpha value is -1.40. The van der Waals surface area contributed by atoms with Gasteiger partial charge in [0.15, 0.2) is 0 Å². The molecule has 0 spiro atoms. The van der Waals surface area contributed by atoms with E-state index in [1.165, 1.54) is 90.2 Å². The molecule has 13 heteroatoms. The number of H-pyrrole nitrogens is 1. The maximum atomic E-state index is 15.0. The lowest BCUT2D eigenvalue weighted by atomic mass is 10.0. The molecule has 1 aliphatic rings. The van der Waals surface area contributed by atoms with Crippen LogP contribution in [0.3, 0.4) is 0 Å². The second kappa shape index (κ2) is 21.4. The molecule has 1 fully saturated rings. The molecule has 1 aliphatic heterocycles. The van der Waals surface area contributed by atoms with Gasteiger partial charge in [-0.25, -0.2) is 13.8 Å². The van der Waals surface area contributed by atoms with Crippen LogP contribution in [0.1, 0.15) is 134 Å². The molecule has 1 aromatic heterocycles. The monoisotopic (exact) mass is 650 g/mol. The Labute approximate surface area is 261 Å². The summed E-state index contributed by atoms with van der Waals surface area (Å²) in [5, 5.41) is 9.92. The lowest BCUT2D eigenvalue weighted by molar-refractivity contribution is -0.0908. The summed E-state index contributed by atoms with van der Waals surface area (Å²) >= 11 is 0. The largest absolute Gasteiger partial charge is 0.469 e. The molecule has 256 valence electrons. The average Bonchev–Trinajstić information content (AvgIpc) is 3.32. The maximum absolute atomic E-state index is 15.0. The summed E-state index contributed by atoms with van der Waals surface area (Å²) in [4.78, 5) is 44.9. The van der Waals surface area contributed by atoms with Crippen molar-refractivity contribution in [3.05, 3.63) is 32.6 Å². The molecule has 0 aromatic carbocycles. The number of aliphatic hydroxyl groups is 1. The highest BCUT2D eigenvalue weighted by Crippen LogP contribution is 2.41. The van der Waals surface area contributed by atoms with Crippen molar-refractivity contribution in [2.75, 3.05) is 13.2 Å². The van der Waals surface area contributed by atoms with Gasteiger partial charge in [0.1, 0.15) is 24.6 Å². The van der Waals surface area contributed by atoms with Gasteiger partial charge in [0.25, 0.3) is 5.56 Å². The third-order valence-corrected chi connectivity index (χ3v) is 8.83. The van der Waals surface area contributed by atoms with E-state index in [-0.39, 0.29) is 25.0 Å². The van der Waals surface area contributed by atoms with Crippen LogP contribution in [0.15, 0.2) is 15.8 Å². The zero-order valence-corrected chi connectivity index (χ0v) is 27.6. The molecule has 0 aliphatic carbocycles. The van der Waals surface area contributed by atoms with E-state index < -0.39 is 56.4 Å². The Morgan fingerprint density at radius 1 is 0.955 bits per heavy atom. The van der Waals surface area contributed by atoms with Crippen LogP contribution in [-0.4, -0.2) is 62.1 Å². The highest BCUT2D eigenvalue weighted by Gasteiger charge is 2.41. The molecule has 1 aromatic rings. The van der Waals surface area contributed by atoms with Gasteiger partial charge < -0.3 is 24.4 Å². The third kappa shape index (κ3) is 15.3. The van der Waals surface area contributed by atoms with Gasteiger partial charge in [0.05, 0.1) is 12.7 Å². The normalized spacial score (nSPS) is 20.3. The van der Waals surface area contributed by atoms with Gasteiger partial charge in [-0.1, -0.05) is 103 Å². The molecule has 44 heavy (non-hydrogen) atoms. The van der Waals surface area contributed by atoms with Crippen LogP contribution in [0.2, 0.25) is 0 Å². The smallest absolute Gasteiger partial charge is 0.394 e. The molecular formula is C31H56FN2O9P. The molecule has 4 N–H and O–H groups in total. The quantitative estimate of drug-likeness (QED) is 0.0738. The number of aryl methyl sites for hydroxylation is 1. The molecule has 5 atom stereocenters. The van der Waals surface area contributed by atoms with Crippen molar-refractivity contribution >= 4 is 7.82 Å². The second-order valence-electron chi connectivity index (χ2n) is 12.1. The lowest BCUT2D eigenvalue weighted by Gasteiger charge is -2.28. The first kappa shape index (κ1) is 38.8. The van der Waals surface area contributed by atoms with E-state index in [1.807, 2.05) is 0 Å². The van der Waals surface area contributed by atoms with Gasteiger partial charge in [-0.3, -0.25) is 18.9 Å². The van der Waals surface area contributed by atoms with Gasteiger partial charge in [-0.2, -0.15) is 0 Å². The number of aliphatic hydroxyl groups excluding tert-OH is 1. The van der Waals surface area contributed by atoms with Crippen molar-refractivity contribution in [1.82, 2.24) is 9.55 Å². The number of hydrogen-bond acceptors (Lipinski definition) is 7. The van der Waals surface area contributed by atoms with Crippen LogP contribution in [0.25, 0.3) is 0 Å². The van der Waals surface area contributed by atoms with E-state index in [9.17, 15) is 33.4 Å². The molecule has 0 bridgehead atoms. The summed E-state index contributed by atoms with van der Waals surface area (Å²) in [6.45, 7) is 3.41. The average molecular weight is 651 g/mol. The Balaban J connectivity index is 1.68. The lowest BCUT2D eigenvalue weighted by Crippen LogP contribution is -2.39. The van der Waals surface area contributed by atoms with E-state index in [0.717, 1.165) is 23.8 Å². The van der Waals surface area contributed by atoms with E-state index >= 15 is 0 Å². The molecule has 0 saturated carbocycles. The standard InChI is InChI=1S/C31H56FN2O9P/c1-3-4-5-6-7-8-9-10-11-12-13-14-15-16-17-18-19-41-28(23-35)27(43-44(38,39)40)21-26-25(32)20-29(42-26)34-22-24(2)30(36)33-31(34)37/h22,25-29,35H,3-21,23H2,1-2H3,(H,33,36,37)(H2,38,39,40). The van der Waals surface area contributed by atoms with Crippen LogP contribution >= 0.6 is 7.82 Å². The van der Waals surface area contributed by atoms with Crippen LogP contribution in [-0.2, 0) is 18.6 Å². The minimum absolute atomic E-state index is 0.206. The number of phosphoric acid groups is 1. The van der Waals surface area contributed by atoms with E-state index in [2.05, 4.69) is 11.9 Å². The number of aromatic nitrogens is 2. The first-order valence-electron chi connectivity index (χ1n) is 16.6. The molecule has 5 unspecified atom stereocenters. The van der Waals surface area contributed by atoms with Crippen molar-refractivity contribution in [3.8, 4) is 0 Å². The Morgan fingerprint density at radius 3 is 1.98 bits per heavy atom. The second-order valence-corrected chi connectivity index (χ2v) is 13.3. The summed E-state index contributed by atoms with van der Waals surface area (Å²) < 4.78 is 44.0. The first-order chi connectivity index (χ1) is 21.1. The van der Waals surface area contributed by atoms with E-state index in [0.29, 0.717) is 6.42 Å². The highest BCUT2D eigenvalue weighted by atomic mass is 31.2. The number of halogens is 1. The molecule has 1 saturated heterocycles. The first-order valence-corrected chi connectivity index (χ1v) is 18.2. The molecule has 0 amide bonds. The van der Waals surface area contributed by atoms with Crippen LogP contribution in [0, 0.1) is 6.92 Å². The number of nitrogens with one attached hydrogen (secondary N) is 1. The minimum Gasteiger partial charge on any atom is -0.394 e. The number of rotatable bonds is 25. The van der Waals surface area contributed by atoms with Crippen LogP contribution < -0.4 is 11.2 Å². The Morgan fingerprint density at radius 2 is 1.48 bits per heavy atom. The summed E-state index contributed by atoms with van der Waals surface area (Å²) in [6, 6.07) is 0. The molecule has 2 rings (SSSR count). The van der Waals surface area contributed by atoms with Crippen molar-refractivity contribution < 1.29 is 37.8 Å². The van der Waals surface area contributed by atoms with Gasteiger partial charge >= 0.3 is 13.5 Å². The highest BCUT2D eigenvalue weighted by molar-refractivity contribution is 7.46. The van der Waals surface area contributed by atoms with E-state index in [4.69, 9.17) is 14.0 Å². The zero-order chi connectivity index (χ0) is 32.4. The number of phosphoric ester groups is 1. The Bertz CT molecular complexity index is 1080. The number of unbranched alkanes of at least 4 members (excludes halogenated alkanes) is 15. The fourth-order valence-electron chi connectivity index (χ4n) is 5.70. The fraction of sp³-hybridized carbons (Fsp3) is 0.871. The number of aromatic amines is 1. The number of nitrogens with zero attached hydrogens (tertiary/aromatic N) is 1. The van der Waals surface area contributed by atoms with Gasteiger partial charge in [-0.15, -0.1) is 0 Å². The molecule has 2 heterocycles. The van der Waals surface area contributed by atoms with Gasteiger partial charge in [0.2, 0.25) is 0 Å². The molecular weight excluding hydrogens is 594 g/mol. The number of ether oxygens (including phenoxy) is 2. The third-order valence-electron chi connectivity index (χ3n) is 8.28.